The van der Waals surface area contributed by atoms with E-state index in [4.69, 9.17) is 5.73 Å². The highest BCUT2D eigenvalue weighted by molar-refractivity contribution is 6.39. The average Bonchev–Trinajstić information content (AvgIpc) is 3.32. The van der Waals surface area contributed by atoms with E-state index in [2.05, 4.69) is 58.3 Å². The number of benzene rings is 1. The molecule has 2 amide bonds. The first kappa shape index (κ1) is 25.5. The second-order valence-electron chi connectivity index (χ2n) is 11.3. The van der Waals surface area contributed by atoms with Crippen LogP contribution in [-0.2, 0) is 16.0 Å². The van der Waals surface area contributed by atoms with E-state index in [0.717, 1.165) is 48.9 Å². The van der Waals surface area contributed by atoms with E-state index in [1.807, 2.05) is 6.92 Å². The molecule has 3 aliphatic heterocycles. The van der Waals surface area contributed by atoms with Crippen molar-refractivity contribution in [3.05, 3.63) is 47.7 Å². The minimum atomic E-state index is -0.631. The highest BCUT2D eigenvalue weighted by Gasteiger charge is 2.37. The SMILES string of the molecule is CCc1cc(NC(=O)C(=O)N2C[C@@H](C)CCC2c2ccc(N3C[C@H]4CCN(C)C[C@H]4C3)cc2)cnc1N. The number of aryl methyl sites for hydroxylation is 1. The first-order chi connectivity index (χ1) is 17.8. The molecule has 37 heavy (non-hydrogen) atoms. The molecule has 4 heterocycles. The Bertz CT molecular complexity index is 1140. The van der Waals surface area contributed by atoms with E-state index in [9.17, 15) is 9.59 Å². The van der Waals surface area contributed by atoms with Gasteiger partial charge in [0.2, 0.25) is 0 Å². The maximum absolute atomic E-state index is 13.4. The Hall–Kier alpha value is -3.13. The molecular weight excluding hydrogens is 464 g/mol. The van der Waals surface area contributed by atoms with Crippen LogP contribution in [0.25, 0.3) is 0 Å². The van der Waals surface area contributed by atoms with Crippen molar-refractivity contribution in [3.63, 3.8) is 0 Å². The number of piperidine rings is 2. The number of carbonyl (C=O) groups is 2. The van der Waals surface area contributed by atoms with E-state index in [1.165, 1.54) is 31.4 Å². The van der Waals surface area contributed by atoms with E-state index in [-0.39, 0.29) is 6.04 Å². The number of rotatable bonds is 4. The highest BCUT2D eigenvalue weighted by atomic mass is 16.2. The third-order valence-corrected chi connectivity index (χ3v) is 8.56. The number of nitrogen functional groups attached to an aromatic ring is 1. The Morgan fingerprint density at radius 1 is 1.05 bits per heavy atom. The van der Waals surface area contributed by atoms with Gasteiger partial charge in [0.1, 0.15) is 5.82 Å². The quantitative estimate of drug-likeness (QED) is 0.619. The maximum Gasteiger partial charge on any atom is 0.313 e. The number of hydrogen-bond donors (Lipinski definition) is 2. The van der Waals surface area contributed by atoms with Crippen LogP contribution in [0.5, 0.6) is 0 Å². The zero-order valence-electron chi connectivity index (χ0n) is 22.3. The van der Waals surface area contributed by atoms with Gasteiger partial charge in [-0.2, -0.15) is 0 Å². The van der Waals surface area contributed by atoms with Gasteiger partial charge in [-0.05, 0) is 86.4 Å². The summed E-state index contributed by atoms with van der Waals surface area (Å²) in [6, 6.07) is 10.4. The molecule has 3 aliphatic rings. The van der Waals surface area contributed by atoms with Gasteiger partial charge in [-0.25, -0.2) is 4.98 Å². The minimum Gasteiger partial charge on any atom is -0.383 e. The number of likely N-dealkylation sites (tertiary alicyclic amines) is 2. The fourth-order valence-corrected chi connectivity index (χ4v) is 6.38. The lowest BCUT2D eigenvalue weighted by atomic mass is 9.89. The van der Waals surface area contributed by atoms with E-state index >= 15 is 0 Å². The molecule has 0 aliphatic carbocycles. The number of amides is 2. The number of nitrogens with zero attached hydrogens (tertiary/aromatic N) is 4. The van der Waals surface area contributed by atoms with Crippen molar-refractivity contribution in [3.8, 4) is 0 Å². The maximum atomic E-state index is 13.4. The van der Waals surface area contributed by atoms with Crippen LogP contribution in [0.15, 0.2) is 36.5 Å². The zero-order valence-corrected chi connectivity index (χ0v) is 22.3. The summed E-state index contributed by atoms with van der Waals surface area (Å²) in [6.07, 6.45) is 5.36. The van der Waals surface area contributed by atoms with Crippen LogP contribution in [0.4, 0.5) is 17.2 Å². The standard InChI is InChI=1S/C29H40N6O2/c1-4-20-13-24(14-31-27(20)30)32-28(36)29(37)35-15-19(2)5-10-26(35)21-6-8-25(9-7-21)34-17-22-11-12-33(3)16-23(22)18-34/h6-9,13-14,19,22-23,26H,4-5,10-12,15-18H2,1-3H3,(H2,30,31)(H,32,36)/t19-,22+,23-,26?/m0/s1. The van der Waals surface area contributed by atoms with E-state index in [1.54, 1.807) is 11.0 Å². The molecule has 3 N–H and O–H groups in total. The molecule has 3 fully saturated rings. The largest absolute Gasteiger partial charge is 0.383 e. The van der Waals surface area contributed by atoms with Gasteiger partial charge >= 0.3 is 11.8 Å². The number of nitrogens with one attached hydrogen (secondary N) is 1. The van der Waals surface area contributed by atoms with Gasteiger partial charge in [-0.1, -0.05) is 26.0 Å². The lowest BCUT2D eigenvalue weighted by Crippen LogP contribution is -2.46. The van der Waals surface area contributed by atoms with Crippen LogP contribution in [0, 0.1) is 17.8 Å². The zero-order chi connectivity index (χ0) is 26.1. The predicted molar refractivity (Wildman–Crippen MR) is 147 cm³/mol. The molecule has 5 rings (SSSR count). The summed E-state index contributed by atoms with van der Waals surface area (Å²) in [6.45, 7) is 9.31. The summed E-state index contributed by atoms with van der Waals surface area (Å²) >= 11 is 0. The molecule has 4 atom stereocenters. The molecule has 1 aromatic heterocycles. The van der Waals surface area contributed by atoms with Crippen molar-refractivity contribution < 1.29 is 9.59 Å². The predicted octanol–water partition coefficient (Wildman–Crippen LogP) is 3.55. The minimum absolute atomic E-state index is 0.103. The lowest BCUT2D eigenvalue weighted by Gasteiger charge is -2.38. The van der Waals surface area contributed by atoms with Crippen molar-refractivity contribution in [1.82, 2.24) is 14.8 Å². The Morgan fingerprint density at radius 3 is 2.57 bits per heavy atom. The summed E-state index contributed by atoms with van der Waals surface area (Å²) in [4.78, 5) is 37.2. The van der Waals surface area contributed by atoms with Gasteiger partial charge < -0.3 is 25.8 Å². The van der Waals surface area contributed by atoms with Crippen LogP contribution in [0.2, 0.25) is 0 Å². The number of anilines is 3. The number of fused-ring (bicyclic) bond motifs is 1. The second-order valence-corrected chi connectivity index (χ2v) is 11.3. The van der Waals surface area contributed by atoms with Crippen molar-refractivity contribution >= 4 is 29.0 Å². The molecule has 8 heteroatoms. The third kappa shape index (κ3) is 5.44. The Balaban J connectivity index is 1.28. The highest BCUT2D eigenvalue weighted by Crippen LogP contribution is 2.37. The smallest absolute Gasteiger partial charge is 0.313 e. The molecular formula is C29H40N6O2. The summed E-state index contributed by atoms with van der Waals surface area (Å²) in [7, 11) is 2.22. The molecule has 0 spiro atoms. The van der Waals surface area contributed by atoms with Crippen LogP contribution in [-0.4, -0.2) is 66.4 Å². The lowest BCUT2D eigenvalue weighted by molar-refractivity contribution is -0.146. The van der Waals surface area contributed by atoms with Crippen molar-refractivity contribution in [1.29, 1.82) is 0 Å². The number of aromatic nitrogens is 1. The average molecular weight is 505 g/mol. The van der Waals surface area contributed by atoms with Crippen molar-refractivity contribution in [2.24, 2.45) is 17.8 Å². The molecule has 0 saturated carbocycles. The number of pyridine rings is 1. The van der Waals surface area contributed by atoms with Crippen molar-refractivity contribution in [2.45, 2.75) is 45.6 Å². The summed E-state index contributed by atoms with van der Waals surface area (Å²) in [5.74, 6) is 1.20. The van der Waals surface area contributed by atoms with Crippen molar-refractivity contribution in [2.75, 3.05) is 55.7 Å². The fourth-order valence-electron chi connectivity index (χ4n) is 6.38. The van der Waals surface area contributed by atoms with Gasteiger partial charge in [-0.3, -0.25) is 9.59 Å². The molecule has 3 saturated heterocycles. The first-order valence-corrected chi connectivity index (χ1v) is 13.7. The summed E-state index contributed by atoms with van der Waals surface area (Å²) in [5, 5.41) is 2.74. The number of hydrogen-bond acceptors (Lipinski definition) is 6. The fraction of sp³-hybridized carbons (Fsp3) is 0.552. The van der Waals surface area contributed by atoms with E-state index < -0.39 is 11.8 Å². The van der Waals surface area contributed by atoms with E-state index in [0.29, 0.717) is 30.4 Å². The Labute approximate surface area is 220 Å². The Morgan fingerprint density at radius 2 is 1.81 bits per heavy atom. The molecule has 1 unspecified atom stereocenters. The molecule has 2 aromatic rings. The molecule has 8 nitrogen and oxygen atoms in total. The first-order valence-electron chi connectivity index (χ1n) is 13.7. The topological polar surface area (TPSA) is 94.8 Å². The van der Waals surface area contributed by atoms with Crippen LogP contribution >= 0.6 is 0 Å². The molecule has 1 aromatic carbocycles. The molecule has 0 bridgehead atoms. The Kier molecular flexibility index (Phi) is 7.38. The number of nitrogens with two attached hydrogens (primary N) is 1. The monoisotopic (exact) mass is 504 g/mol. The van der Waals surface area contributed by atoms with Gasteiger partial charge in [0.25, 0.3) is 0 Å². The third-order valence-electron chi connectivity index (χ3n) is 8.56. The normalized spacial score (nSPS) is 26.1. The summed E-state index contributed by atoms with van der Waals surface area (Å²) < 4.78 is 0. The van der Waals surface area contributed by atoms with Gasteiger partial charge in [0.15, 0.2) is 0 Å². The molecule has 0 radical (unpaired) electrons. The van der Waals surface area contributed by atoms with Crippen LogP contribution < -0.4 is 16.0 Å². The molecule has 198 valence electrons. The van der Waals surface area contributed by atoms with Gasteiger partial charge in [-0.15, -0.1) is 0 Å². The van der Waals surface area contributed by atoms with Crippen LogP contribution in [0.3, 0.4) is 0 Å². The second kappa shape index (κ2) is 10.7. The van der Waals surface area contributed by atoms with Gasteiger partial charge in [0.05, 0.1) is 17.9 Å². The number of carbonyl (C=O) groups excluding carboxylic acids is 2. The van der Waals surface area contributed by atoms with Gasteiger partial charge in [0, 0.05) is 31.9 Å². The summed E-state index contributed by atoms with van der Waals surface area (Å²) in [5.41, 5.74) is 9.57. The van der Waals surface area contributed by atoms with Crippen LogP contribution in [0.1, 0.15) is 50.3 Å².